The smallest absolute Gasteiger partial charge is 0.412 e. The Morgan fingerprint density at radius 1 is 1.06 bits per heavy atom. The van der Waals surface area contributed by atoms with E-state index in [4.69, 9.17) is 9.47 Å². The van der Waals surface area contributed by atoms with E-state index in [0.717, 1.165) is 16.8 Å². The van der Waals surface area contributed by atoms with Crippen molar-refractivity contribution in [2.75, 3.05) is 10.6 Å². The number of hydrogen-bond acceptors (Lipinski definition) is 8. The summed E-state index contributed by atoms with van der Waals surface area (Å²) in [6.07, 6.45) is 8.12. The van der Waals surface area contributed by atoms with E-state index in [9.17, 15) is 4.79 Å². The highest BCUT2D eigenvalue weighted by molar-refractivity contribution is 5.85. The monoisotopic (exact) mass is 473 g/mol. The number of ether oxygens (including phenoxy) is 2. The van der Waals surface area contributed by atoms with Crippen LogP contribution < -0.4 is 15.4 Å². The Bertz CT molecular complexity index is 1340. The second-order valence-corrected chi connectivity index (χ2v) is 8.95. The maximum atomic E-state index is 12.2. The molecule has 35 heavy (non-hydrogen) atoms. The lowest BCUT2D eigenvalue weighted by molar-refractivity contribution is 0.0636. The van der Waals surface area contributed by atoms with Gasteiger partial charge in [0.2, 0.25) is 11.8 Å². The van der Waals surface area contributed by atoms with Crippen LogP contribution >= 0.6 is 0 Å². The highest BCUT2D eigenvalue weighted by Crippen LogP contribution is 2.33. The number of hydrogen-bond donors (Lipinski definition) is 2. The molecule has 1 amide bonds. The Balaban J connectivity index is 1.64. The molecule has 0 bridgehead atoms. The fourth-order valence-electron chi connectivity index (χ4n) is 3.19. The van der Waals surface area contributed by atoms with Crippen molar-refractivity contribution in [3.05, 3.63) is 66.9 Å². The van der Waals surface area contributed by atoms with E-state index in [-0.39, 0.29) is 0 Å². The summed E-state index contributed by atoms with van der Waals surface area (Å²) in [6, 6.07) is 8.96. The molecule has 0 saturated carbocycles. The van der Waals surface area contributed by atoms with Crippen LogP contribution in [0.4, 0.5) is 22.1 Å². The van der Waals surface area contributed by atoms with Gasteiger partial charge in [-0.05, 0) is 51.5 Å². The number of carbonyl (C=O) groups is 1. The van der Waals surface area contributed by atoms with Gasteiger partial charge in [0.05, 0.1) is 17.4 Å². The average molecular weight is 474 g/mol. The van der Waals surface area contributed by atoms with Crippen LogP contribution in [0.1, 0.15) is 26.3 Å². The Labute approximate surface area is 203 Å². The predicted molar refractivity (Wildman–Crippen MR) is 133 cm³/mol. The van der Waals surface area contributed by atoms with Gasteiger partial charge in [-0.3, -0.25) is 15.0 Å². The van der Waals surface area contributed by atoms with Crippen molar-refractivity contribution in [2.24, 2.45) is 7.05 Å². The molecular formula is C25H27N7O3. The molecule has 10 heteroatoms. The molecule has 4 aromatic rings. The number of anilines is 3. The molecular weight excluding hydrogens is 446 g/mol. The first kappa shape index (κ1) is 23.7. The van der Waals surface area contributed by atoms with E-state index in [1.54, 1.807) is 74.5 Å². The molecule has 1 aromatic carbocycles. The van der Waals surface area contributed by atoms with Crippen molar-refractivity contribution in [3.63, 3.8) is 0 Å². The second-order valence-electron chi connectivity index (χ2n) is 8.95. The third-order valence-electron chi connectivity index (χ3n) is 4.59. The molecule has 0 unspecified atom stereocenters. The molecule has 3 heterocycles. The SMILES string of the molecule is Cc1cncc(-c2cnc(Nc3cnn(C)c3)nc2Oc2cccc(NC(=O)OC(C)(C)C)c2)c1. The minimum absolute atomic E-state index is 0.327. The molecule has 4 rings (SSSR count). The van der Waals surface area contributed by atoms with E-state index in [1.165, 1.54) is 0 Å². The minimum atomic E-state index is -0.604. The molecule has 3 aromatic heterocycles. The van der Waals surface area contributed by atoms with Crippen LogP contribution in [0, 0.1) is 6.92 Å². The lowest BCUT2D eigenvalue weighted by Crippen LogP contribution is -2.27. The summed E-state index contributed by atoms with van der Waals surface area (Å²) in [5.41, 5.74) is 3.15. The van der Waals surface area contributed by atoms with Crippen molar-refractivity contribution in [1.82, 2.24) is 24.7 Å². The maximum absolute atomic E-state index is 12.2. The normalized spacial score (nSPS) is 11.1. The first-order chi connectivity index (χ1) is 16.6. The van der Waals surface area contributed by atoms with Gasteiger partial charge in [-0.2, -0.15) is 10.1 Å². The molecule has 2 N–H and O–H groups in total. The molecule has 0 aliphatic carbocycles. The van der Waals surface area contributed by atoms with Crippen molar-refractivity contribution >= 4 is 23.4 Å². The van der Waals surface area contributed by atoms with E-state index in [0.29, 0.717) is 28.8 Å². The summed E-state index contributed by atoms with van der Waals surface area (Å²) in [5.74, 6) is 1.15. The number of rotatable bonds is 6. The van der Waals surface area contributed by atoms with Crippen LogP contribution in [0.3, 0.4) is 0 Å². The van der Waals surface area contributed by atoms with E-state index in [2.05, 4.69) is 30.7 Å². The minimum Gasteiger partial charge on any atom is -0.444 e. The van der Waals surface area contributed by atoms with Gasteiger partial charge in [0.15, 0.2) is 0 Å². The molecule has 180 valence electrons. The van der Waals surface area contributed by atoms with Crippen molar-refractivity contribution in [1.29, 1.82) is 0 Å². The van der Waals surface area contributed by atoms with Crippen LogP contribution in [-0.4, -0.2) is 36.4 Å². The van der Waals surface area contributed by atoms with Gasteiger partial charge in [-0.1, -0.05) is 6.07 Å². The largest absolute Gasteiger partial charge is 0.444 e. The van der Waals surface area contributed by atoms with E-state index < -0.39 is 11.7 Å². The highest BCUT2D eigenvalue weighted by Gasteiger charge is 2.17. The van der Waals surface area contributed by atoms with Gasteiger partial charge < -0.3 is 14.8 Å². The van der Waals surface area contributed by atoms with Gasteiger partial charge in [-0.25, -0.2) is 9.78 Å². The third-order valence-corrected chi connectivity index (χ3v) is 4.59. The summed E-state index contributed by atoms with van der Waals surface area (Å²) in [6.45, 7) is 7.38. The fourth-order valence-corrected chi connectivity index (χ4v) is 3.19. The van der Waals surface area contributed by atoms with Crippen LogP contribution in [0.2, 0.25) is 0 Å². The van der Waals surface area contributed by atoms with E-state index >= 15 is 0 Å². The molecule has 0 aliphatic heterocycles. The zero-order valence-electron chi connectivity index (χ0n) is 20.2. The van der Waals surface area contributed by atoms with Crippen LogP contribution in [-0.2, 0) is 11.8 Å². The predicted octanol–water partition coefficient (Wildman–Crippen LogP) is 5.46. The second kappa shape index (κ2) is 9.80. The quantitative estimate of drug-likeness (QED) is 0.379. The van der Waals surface area contributed by atoms with Crippen LogP contribution in [0.25, 0.3) is 11.1 Å². The number of pyridine rings is 1. The van der Waals surface area contributed by atoms with Crippen LogP contribution in [0.15, 0.2) is 61.3 Å². The maximum Gasteiger partial charge on any atom is 0.412 e. The highest BCUT2D eigenvalue weighted by atomic mass is 16.6. The number of benzene rings is 1. The standard InChI is InChI=1S/C25H27N7O3/c1-16-9-17(12-26-11-16)21-14-27-23(29-19-13-28-32(5)15-19)31-22(21)34-20-8-6-7-18(10-20)30-24(33)35-25(2,3)4/h6-15H,1-5H3,(H,30,33)(H,27,29,31). The number of aryl methyl sites for hydroxylation is 2. The molecule has 0 saturated heterocycles. The zero-order chi connectivity index (χ0) is 25.0. The summed E-state index contributed by atoms with van der Waals surface area (Å²) in [4.78, 5) is 25.5. The first-order valence-electron chi connectivity index (χ1n) is 11.0. The van der Waals surface area contributed by atoms with Gasteiger partial charge in [0, 0.05) is 49.2 Å². The van der Waals surface area contributed by atoms with Gasteiger partial charge in [0.25, 0.3) is 0 Å². The number of carbonyl (C=O) groups excluding carboxylic acids is 1. The molecule has 0 spiro atoms. The lowest BCUT2D eigenvalue weighted by Gasteiger charge is -2.19. The first-order valence-corrected chi connectivity index (χ1v) is 11.0. The Hall–Kier alpha value is -4.47. The summed E-state index contributed by atoms with van der Waals surface area (Å²) >= 11 is 0. The fraction of sp³-hybridized carbons (Fsp3) is 0.240. The molecule has 0 fully saturated rings. The van der Waals surface area contributed by atoms with Crippen molar-refractivity contribution in [2.45, 2.75) is 33.3 Å². The molecule has 0 atom stereocenters. The number of amides is 1. The topological polar surface area (TPSA) is 116 Å². The van der Waals surface area contributed by atoms with Crippen molar-refractivity contribution < 1.29 is 14.3 Å². The zero-order valence-corrected chi connectivity index (χ0v) is 20.2. The number of aromatic nitrogens is 5. The lowest BCUT2D eigenvalue weighted by atomic mass is 10.1. The Morgan fingerprint density at radius 3 is 2.60 bits per heavy atom. The molecule has 10 nitrogen and oxygen atoms in total. The summed E-state index contributed by atoms with van der Waals surface area (Å²) < 4.78 is 13.2. The third kappa shape index (κ3) is 6.53. The number of nitrogens with one attached hydrogen (secondary N) is 2. The van der Waals surface area contributed by atoms with Crippen LogP contribution in [0.5, 0.6) is 11.6 Å². The molecule has 0 aliphatic rings. The summed E-state index contributed by atoms with van der Waals surface area (Å²) in [5, 5.41) is 9.99. The van der Waals surface area contributed by atoms with Gasteiger partial charge >= 0.3 is 6.09 Å². The Morgan fingerprint density at radius 2 is 1.89 bits per heavy atom. The van der Waals surface area contributed by atoms with Gasteiger partial charge in [0.1, 0.15) is 11.4 Å². The van der Waals surface area contributed by atoms with Crippen molar-refractivity contribution in [3.8, 4) is 22.8 Å². The average Bonchev–Trinajstić information content (AvgIpc) is 3.17. The summed E-state index contributed by atoms with van der Waals surface area (Å²) in [7, 11) is 1.83. The Kier molecular flexibility index (Phi) is 6.63. The van der Waals surface area contributed by atoms with Gasteiger partial charge in [-0.15, -0.1) is 0 Å². The molecule has 0 radical (unpaired) electrons. The van der Waals surface area contributed by atoms with E-state index in [1.807, 2.05) is 26.2 Å². The number of nitrogens with zero attached hydrogens (tertiary/aromatic N) is 5.